The molecule has 0 aromatic rings. The van der Waals surface area contributed by atoms with E-state index in [2.05, 4.69) is 32.9 Å². The van der Waals surface area contributed by atoms with E-state index in [9.17, 15) is 10.2 Å². The molecule has 2 rings (SSSR count). The zero-order valence-corrected chi connectivity index (χ0v) is 15.9. The third-order valence-corrected chi connectivity index (χ3v) is 5.76. The Morgan fingerprint density at radius 1 is 1.38 bits per heavy atom. The highest BCUT2D eigenvalue weighted by atomic mass is 16.5. The van der Waals surface area contributed by atoms with Crippen LogP contribution in [0.15, 0.2) is 34.4 Å². The number of rotatable bonds is 6. The molecule has 2 aliphatic carbocycles. The fourth-order valence-corrected chi connectivity index (χ4v) is 4.37. The molecule has 0 aliphatic heterocycles. The molecule has 0 fully saturated rings. The van der Waals surface area contributed by atoms with Crippen LogP contribution in [0.2, 0.25) is 0 Å². The third kappa shape index (κ3) is 4.01. The van der Waals surface area contributed by atoms with Gasteiger partial charge in [0.2, 0.25) is 0 Å². The van der Waals surface area contributed by atoms with E-state index in [1.807, 2.05) is 6.92 Å². The van der Waals surface area contributed by atoms with E-state index in [1.54, 1.807) is 7.11 Å². The van der Waals surface area contributed by atoms with Crippen molar-refractivity contribution >= 4 is 0 Å². The van der Waals surface area contributed by atoms with Crippen LogP contribution >= 0.6 is 0 Å². The Kier molecular flexibility index (Phi) is 6.85. The normalized spacial score (nSPS) is 31.4. The molecule has 0 aromatic heterocycles. The van der Waals surface area contributed by atoms with Gasteiger partial charge < -0.3 is 14.9 Å². The van der Waals surface area contributed by atoms with E-state index in [4.69, 9.17) is 4.74 Å². The summed E-state index contributed by atoms with van der Waals surface area (Å²) in [5.74, 6) is 1.07. The lowest BCUT2D eigenvalue weighted by atomic mass is 9.66. The maximum atomic E-state index is 10.5. The minimum atomic E-state index is -0.548. The Morgan fingerprint density at radius 2 is 2.08 bits per heavy atom. The lowest BCUT2D eigenvalue weighted by Crippen LogP contribution is -2.40. The van der Waals surface area contributed by atoms with E-state index < -0.39 is 6.10 Å². The highest BCUT2D eigenvalue weighted by molar-refractivity contribution is 5.43. The molecule has 0 bridgehead atoms. The van der Waals surface area contributed by atoms with Gasteiger partial charge in [-0.25, -0.2) is 0 Å². The van der Waals surface area contributed by atoms with Gasteiger partial charge in [0, 0.05) is 13.7 Å². The minimum Gasteiger partial charge on any atom is -0.396 e. The van der Waals surface area contributed by atoms with Gasteiger partial charge in [-0.1, -0.05) is 24.6 Å². The number of aliphatic hydroxyl groups is 2. The number of ether oxygens (including phenoxy) is 1. The van der Waals surface area contributed by atoms with Crippen molar-refractivity contribution in [3.63, 3.8) is 0 Å². The molecule has 5 atom stereocenters. The lowest BCUT2D eigenvalue weighted by Gasteiger charge is -2.42. The Morgan fingerprint density at radius 3 is 2.67 bits per heavy atom. The molecule has 0 aromatic carbocycles. The average Bonchev–Trinajstić information content (AvgIpc) is 2.54. The van der Waals surface area contributed by atoms with E-state index in [0.717, 1.165) is 31.3 Å². The molecule has 0 radical (unpaired) electrons. The maximum absolute atomic E-state index is 10.5. The summed E-state index contributed by atoms with van der Waals surface area (Å²) in [6.07, 6.45) is 7.87. The summed E-state index contributed by atoms with van der Waals surface area (Å²) in [6.45, 7) is 8.67. The van der Waals surface area contributed by atoms with Crippen LogP contribution in [0, 0.1) is 17.8 Å². The van der Waals surface area contributed by atoms with Gasteiger partial charge in [0.05, 0.1) is 0 Å². The molecule has 0 spiro atoms. The van der Waals surface area contributed by atoms with Gasteiger partial charge in [-0.3, -0.25) is 0 Å². The van der Waals surface area contributed by atoms with Gasteiger partial charge in [-0.2, -0.15) is 0 Å². The van der Waals surface area contributed by atoms with Crippen molar-refractivity contribution in [2.24, 2.45) is 17.8 Å². The summed E-state index contributed by atoms with van der Waals surface area (Å²) in [4.78, 5) is 0. The van der Waals surface area contributed by atoms with Crippen molar-refractivity contribution < 1.29 is 14.9 Å². The minimum absolute atomic E-state index is 0.222. The van der Waals surface area contributed by atoms with Crippen LogP contribution in [-0.4, -0.2) is 36.1 Å². The summed E-state index contributed by atoms with van der Waals surface area (Å²) in [5, 5.41) is 20.5. The molecule has 2 aliphatic rings. The average molecular weight is 335 g/mol. The van der Waals surface area contributed by atoms with Crippen molar-refractivity contribution in [3.8, 4) is 0 Å². The number of methoxy groups -OCH3 is 1. The molecule has 24 heavy (non-hydrogen) atoms. The third-order valence-electron chi connectivity index (χ3n) is 5.76. The van der Waals surface area contributed by atoms with Crippen LogP contribution in [-0.2, 0) is 4.74 Å². The van der Waals surface area contributed by atoms with Gasteiger partial charge in [-0.05, 0) is 80.9 Å². The fraction of sp³-hybridized carbons (Fsp3) is 0.714. The van der Waals surface area contributed by atoms with Crippen LogP contribution in [0.3, 0.4) is 0 Å². The summed E-state index contributed by atoms with van der Waals surface area (Å²) in [6, 6.07) is 0. The molecule has 3 heteroatoms. The fourth-order valence-electron chi connectivity index (χ4n) is 4.37. The summed E-state index contributed by atoms with van der Waals surface area (Å²) >= 11 is 0. The predicted molar refractivity (Wildman–Crippen MR) is 98.7 cm³/mol. The smallest absolute Gasteiger partial charge is 0.109 e. The predicted octanol–water partition coefficient (Wildman–Crippen LogP) is 4.02. The molecule has 3 nitrogen and oxygen atoms in total. The van der Waals surface area contributed by atoms with Crippen LogP contribution in [0.25, 0.3) is 0 Å². The quantitative estimate of drug-likeness (QED) is 0.721. The van der Waals surface area contributed by atoms with E-state index >= 15 is 0 Å². The highest BCUT2D eigenvalue weighted by Gasteiger charge is 2.39. The monoisotopic (exact) mass is 334 g/mol. The first-order chi connectivity index (χ1) is 11.4. The topological polar surface area (TPSA) is 49.7 Å². The Hall–Kier alpha value is -0.900. The summed E-state index contributed by atoms with van der Waals surface area (Å²) in [5.41, 5.74) is 4.88. The second-order valence-corrected chi connectivity index (χ2v) is 7.79. The van der Waals surface area contributed by atoms with Crippen molar-refractivity contribution in [2.45, 2.75) is 65.6 Å². The number of hydrogen-bond donors (Lipinski definition) is 2. The van der Waals surface area contributed by atoms with Crippen LogP contribution in [0.5, 0.6) is 0 Å². The second-order valence-electron chi connectivity index (χ2n) is 7.79. The molecule has 0 saturated carbocycles. The van der Waals surface area contributed by atoms with Crippen LogP contribution in [0.4, 0.5) is 0 Å². The molecule has 0 heterocycles. The molecule has 2 N–H and O–H groups in total. The van der Waals surface area contributed by atoms with Gasteiger partial charge in [0.1, 0.15) is 12.2 Å². The van der Waals surface area contributed by atoms with Crippen molar-refractivity contribution in [1.29, 1.82) is 0 Å². The van der Waals surface area contributed by atoms with Crippen LogP contribution in [0.1, 0.15) is 53.4 Å². The van der Waals surface area contributed by atoms with Gasteiger partial charge >= 0.3 is 0 Å². The molecular formula is C21H34O3. The van der Waals surface area contributed by atoms with E-state index in [0.29, 0.717) is 11.8 Å². The second kappa shape index (κ2) is 8.46. The number of hydrogen-bond acceptors (Lipinski definition) is 3. The van der Waals surface area contributed by atoms with E-state index in [-0.39, 0.29) is 18.6 Å². The van der Waals surface area contributed by atoms with Gasteiger partial charge in [0.15, 0.2) is 0 Å². The zero-order valence-electron chi connectivity index (χ0n) is 15.9. The van der Waals surface area contributed by atoms with Crippen molar-refractivity contribution in [2.75, 3.05) is 13.7 Å². The first-order valence-electron chi connectivity index (χ1n) is 9.27. The van der Waals surface area contributed by atoms with Gasteiger partial charge in [0.25, 0.3) is 0 Å². The highest BCUT2D eigenvalue weighted by Crippen LogP contribution is 2.45. The molecule has 0 amide bonds. The lowest BCUT2D eigenvalue weighted by molar-refractivity contribution is 0.0173. The Bertz CT molecular complexity index is 525. The zero-order chi connectivity index (χ0) is 17.9. The standard InChI is InChI=1S/C21H34O3/c1-13(2)7-6-8-16(12-22)17-10-9-14(3)19-18(17)11-15(4)20(23)21(19)24-5/h7,11,14,16-17,20-23H,6,8-10,12H2,1-5H3/t14-,16?,17+,20?,21?/m1/s1. The van der Waals surface area contributed by atoms with Crippen molar-refractivity contribution in [3.05, 3.63) is 34.4 Å². The maximum Gasteiger partial charge on any atom is 0.109 e. The first-order valence-corrected chi connectivity index (χ1v) is 9.27. The Labute approximate surface area is 147 Å². The van der Waals surface area contributed by atoms with Crippen molar-refractivity contribution in [1.82, 2.24) is 0 Å². The summed E-state index contributed by atoms with van der Waals surface area (Å²) in [7, 11) is 1.69. The molecule has 3 unspecified atom stereocenters. The van der Waals surface area contributed by atoms with Gasteiger partial charge in [-0.15, -0.1) is 0 Å². The molecule has 0 saturated heterocycles. The molecular weight excluding hydrogens is 300 g/mol. The number of allylic oxidation sites excluding steroid dienone is 4. The number of aliphatic hydroxyl groups excluding tert-OH is 2. The first kappa shape index (κ1) is 19.4. The molecule has 136 valence electrons. The Balaban J connectivity index is 2.31. The van der Waals surface area contributed by atoms with E-state index in [1.165, 1.54) is 16.7 Å². The van der Waals surface area contributed by atoms with Crippen LogP contribution < -0.4 is 0 Å². The largest absolute Gasteiger partial charge is 0.396 e. The summed E-state index contributed by atoms with van der Waals surface area (Å²) < 4.78 is 5.67. The SMILES string of the molecule is COC1C2=C(C=C(C)C1O)[C@H](C(CO)CCC=C(C)C)CC[C@H]2C.